The Morgan fingerprint density at radius 1 is 1.21 bits per heavy atom. The molecule has 0 amide bonds. The summed E-state index contributed by atoms with van der Waals surface area (Å²) in [6.45, 7) is 0.718. The average molecular weight is 334 g/mol. The number of rotatable bonds is 2. The smallest absolute Gasteiger partial charge is 0.371 e. The normalized spacial score (nSPS) is 16.2. The molecule has 0 spiro atoms. The van der Waals surface area contributed by atoms with Gasteiger partial charge in [0.2, 0.25) is 0 Å². The molecule has 1 aromatic carbocycles. The molecule has 1 fully saturated rings. The van der Waals surface area contributed by atoms with Gasteiger partial charge in [-0.2, -0.15) is 23.5 Å². The number of benzene rings is 1. The fourth-order valence-electron chi connectivity index (χ4n) is 3.06. The number of alkyl halides is 3. The van der Waals surface area contributed by atoms with Gasteiger partial charge in [-0.3, -0.25) is 4.68 Å². The van der Waals surface area contributed by atoms with Crippen molar-refractivity contribution in [1.82, 2.24) is 9.78 Å². The highest BCUT2D eigenvalue weighted by molar-refractivity contribution is 5.72. The van der Waals surface area contributed by atoms with Crippen LogP contribution >= 0.6 is 0 Å². The molecule has 0 saturated carbocycles. The van der Waals surface area contributed by atoms with Crippen LogP contribution in [0.2, 0.25) is 0 Å². The first-order valence-electron chi connectivity index (χ1n) is 7.74. The lowest BCUT2D eigenvalue weighted by Gasteiger charge is -2.34. The third kappa shape index (κ3) is 3.23. The third-order valence-electron chi connectivity index (χ3n) is 4.44. The summed E-state index contributed by atoms with van der Waals surface area (Å²) in [6, 6.07) is 9.30. The SMILES string of the molecule is Cn1ccc(-c2cc(N3CCC(C(F)(F)F)CC3)ccc2C#N)n1. The van der Waals surface area contributed by atoms with Crippen molar-refractivity contribution in [1.29, 1.82) is 5.26 Å². The first-order chi connectivity index (χ1) is 11.4. The van der Waals surface area contributed by atoms with Gasteiger partial charge in [0, 0.05) is 37.6 Å². The van der Waals surface area contributed by atoms with Crippen LogP contribution in [0.1, 0.15) is 18.4 Å². The molecular formula is C17H17F3N4. The van der Waals surface area contributed by atoms with Crippen LogP contribution in [0.5, 0.6) is 0 Å². The van der Waals surface area contributed by atoms with Crippen molar-refractivity contribution in [3.05, 3.63) is 36.0 Å². The molecule has 3 rings (SSSR count). The van der Waals surface area contributed by atoms with E-state index in [2.05, 4.69) is 11.2 Å². The number of nitriles is 1. The van der Waals surface area contributed by atoms with Gasteiger partial charge in [-0.05, 0) is 37.1 Å². The van der Waals surface area contributed by atoms with Crippen LogP contribution in [0.4, 0.5) is 18.9 Å². The van der Waals surface area contributed by atoms with Crippen LogP contribution < -0.4 is 4.90 Å². The molecule has 24 heavy (non-hydrogen) atoms. The van der Waals surface area contributed by atoms with E-state index in [1.54, 1.807) is 30.1 Å². The van der Waals surface area contributed by atoms with Crippen molar-refractivity contribution in [3.8, 4) is 17.3 Å². The summed E-state index contributed by atoms with van der Waals surface area (Å²) < 4.78 is 40.0. The molecule has 1 saturated heterocycles. The summed E-state index contributed by atoms with van der Waals surface area (Å²) in [7, 11) is 1.79. The zero-order valence-corrected chi connectivity index (χ0v) is 13.2. The Hall–Kier alpha value is -2.49. The number of halogens is 3. The van der Waals surface area contributed by atoms with Crippen molar-refractivity contribution in [2.45, 2.75) is 19.0 Å². The standard InChI is InChI=1S/C17H17F3N4/c1-23-7-6-16(22-23)15-10-14(3-2-12(15)11-21)24-8-4-13(5-9-24)17(18,19)20/h2-3,6-7,10,13H,4-5,8-9H2,1H3. The predicted octanol–water partition coefficient (Wildman–Crippen LogP) is 3.74. The minimum atomic E-state index is -4.12. The highest BCUT2D eigenvalue weighted by Gasteiger charge is 2.41. The minimum absolute atomic E-state index is 0.0996. The molecule has 1 aliphatic heterocycles. The second kappa shape index (κ2) is 6.19. The fourth-order valence-corrected chi connectivity index (χ4v) is 3.06. The fraction of sp³-hybridized carbons (Fsp3) is 0.412. The summed E-state index contributed by atoms with van der Waals surface area (Å²) in [5.41, 5.74) is 2.72. The Morgan fingerprint density at radius 3 is 2.46 bits per heavy atom. The molecular weight excluding hydrogens is 317 g/mol. The maximum absolute atomic E-state index is 12.8. The molecule has 0 bridgehead atoms. The van der Waals surface area contributed by atoms with Gasteiger partial charge in [0.15, 0.2) is 0 Å². The van der Waals surface area contributed by atoms with Crippen LogP contribution in [0.15, 0.2) is 30.5 Å². The Balaban J connectivity index is 1.84. The summed E-state index contributed by atoms with van der Waals surface area (Å²) in [5.74, 6) is -1.22. The topological polar surface area (TPSA) is 44.9 Å². The lowest BCUT2D eigenvalue weighted by Crippen LogP contribution is -2.39. The second-order valence-electron chi connectivity index (χ2n) is 6.02. The van der Waals surface area contributed by atoms with E-state index in [4.69, 9.17) is 0 Å². The molecule has 126 valence electrons. The minimum Gasteiger partial charge on any atom is -0.371 e. The van der Waals surface area contributed by atoms with Gasteiger partial charge in [-0.15, -0.1) is 0 Å². The van der Waals surface area contributed by atoms with Crippen LogP contribution in [0.3, 0.4) is 0 Å². The number of hydrogen-bond acceptors (Lipinski definition) is 3. The quantitative estimate of drug-likeness (QED) is 0.840. The highest BCUT2D eigenvalue weighted by atomic mass is 19.4. The van der Waals surface area contributed by atoms with Gasteiger partial charge in [0.1, 0.15) is 0 Å². The number of hydrogen-bond donors (Lipinski definition) is 0. The van der Waals surface area contributed by atoms with Crippen molar-refractivity contribution < 1.29 is 13.2 Å². The summed E-state index contributed by atoms with van der Waals surface area (Å²) >= 11 is 0. The molecule has 0 aliphatic carbocycles. The van der Waals surface area contributed by atoms with E-state index < -0.39 is 12.1 Å². The van der Waals surface area contributed by atoms with E-state index in [0.717, 1.165) is 5.69 Å². The van der Waals surface area contributed by atoms with Crippen molar-refractivity contribution >= 4 is 5.69 Å². The molecule has 2 aromatic rings. The van der Waals surface area contributed by atoms with Gasteiger partial charge in [-0.1, -0.05) is 0 Å². The van der Waals surface area contributed by atoms with Gasteiger partial charge >= 0.3 is 6.18 Å². The molecule has 0 radical (unpaired) electrons. The maximum atomic E-state index is 12.8. The molecule has 1 aliphatic rings. The zero-order chi connectivity index (χ0) is 17.3. The zero-order valence-electron chi connectivity index (χ0n) is 13.2. The maximum Gasteiger partial charge on any atom is 0.391 e. The van der Waals surface area contributed by atoms with Gasteiger partial charge in [-0.25, -0.2) is 0 Å². The lowest BCUT2D eigenvalue weighted by molar-refractivity contribution is -0.179. The van der Waals surface area contributed by atoms with E-state index in [1.807, 2.05) is 17.0 Å². The molecule has 1 aromatic heterocycles. The van der Waals surface area contributed by atoms with E-state index in [-0.39, 0.29) is 12.8 Å². The molecule has 0 atom stereocenters. The van der Waals surface area contributed by atoms with E-state index >= 15 is 0 Å². The predicted molar refractivity (Wildman–Crippen MR) is 84.4 cm³/mol. The third-order valence-corrected chi connectivity index (χ3v) is 4.44. The monoisotopic (exact) mass is 334 g/mol. The Morgan fingerprint density at radius 2 is 1.92 bits per heavy atom. The summed E-state index contributed by atoms with van der Waals surface area (Å²) in [6.07, 6.45) is -2.13. The van der Waals surface area contributed by atoms with E-state index in [1.165, 1.54) is 0 Å². The van der Waals surface area contributed by atoms with Crippen molar-refractivity contribution in [2.24, 2.45) is 13.0 Å². The summed E-state index contributed by atoms with van der Waals surface area (Å²) in [4.78, 5) is 1.94. The highest BCUT2D eigenvalue weighted by Crippen LogP contribution is 2.36. The van der Waals surface area contributed by atoms with Crippen LogP contribution in [-0.2, 0) is 7.05 Å². The molecule has 0 N–H and O–H groups in total. The number of nitrogens with zero attached hydrogens (tertiary/aromatic N) is 4. The molecule has 2 heterocycles. The Labute approximate surface area is 138 Å². The average Bonchev–Trinajstić information content (AvgIpc) is 3.00. The molecule has 0 unspecified atom stereocenters. The Kier molecular flexibility index (Phi) is 4.22. The van der Waals surface area contributed by atoms with Gasteiger partial charge in [0.05, 0.1) is 23.2 Å². The van der Waals surface area contributed by atoms with Crippen molar-refractivity contribution in [2.75, 3.05) is 18.0 Å². The van der Waals surface area contributed by atoms with Gasteiger partial charge in [0.25, 0.3) is 0 Å². The number of aromatic nitrogens is 2. The second-order valence-corrected chi connectivity index (χ2v) is 6.02. The van der Waals surface area contributed by atoms with Gasteiger partial charge < -0.3 is 4.90 Å². The largest absolute Gasteiger partial charge is 0.391 e. The number of anilines is 1. The van der Waals surface area contributed by atoms with E-state index in [9.17, 15) is 18.4 Å². The van der Waals surface area contributed by atoms with Crippen LogP contribution in [0, 0.1) is 17.2 Å². The van der Waals surface area contributed by atoms with Crippen LogP contribution in [-0.4, -0.2) is 29.0 Å². The number of piperidine rings is 1. The molecule has 7 heteroatoms. The lowest BCUT2D eigenvalue weighted by atomic mass is 9.95. The molecule has 4 nitrogen and oxygen atoms in total. The van der Waals surface area contributed by atoms with Crippen LogP contribution in [0.25, 0.3) is 11.3 Å². The first kappa shape index (κ1) is 16.4. The van der Waals surface area contributed by atoms with E-state index in [0.29, 0.717) is 29.9 Å². The van der Waals surface area contributed by atoms with Crippen molar-refractivity contribution in [3.63, 3.8) is 0 Å². The first-order valence-corrected chi connectivity index (χ1v) is 7.74. The number of aryl methyl sites for hydroxylation is 1. The summed E-state index contributed by atoms with van der Waals surface area (Å²) in [5, 5.41) is 13.6. The Bertz CT molecular complexity index is 765.